The highest BCUT2D eigenvalue weighted by Crippen LogP contribution is 2.53. The lowest BCUT2D eigenvalue weighted by Crippen LogP contribution is -2.30. The summed E-state index contributed by atoms with van der Waals surface area (Å²) < 4.78 is 2.24. The standard InChI is InChI=1S/C25H28N/c1-16(2)22-23(21-13-9-10-14-26(21)6)17(3)15-20-24(22)18-11-7-8-12-19(18)25(20,4)5/h7-16H,1-6H3/q+1. The van der Waals surface area contributed by atoms with Crippen LogP contribution in [0.3, 0.4) is 0 Å². The van der Waals surface area contributed by atoms with Crippen LogP contribution in [0.4, 0.5) is 0 Å². The molecule has 1 aliphatic rings. The maximum atomic E-state index is 2.43. The number of rotatable bonds is 2. The molecule has 0 saturated heterocycles. The molecule has 1 aliphatic carbocycles. The number of hydrogen-bond acceptors (Lipinski definition) is 0. The van der Waals surface area contributed by atoms with Crippen molar-refractivity contribution in [3.8, 4) is 22.4 Å². The van der Waals surface area contributed by atoms with Crippen LogP contribution in [0.25, 0.3) is 22.4 Å². The minimum absolute atomic E-state index is 0.0533. The Morgan fingerprint density at radius 1 is 0.885 bits per heavy atom. The van der Waals surface area contributed by atoms with E-state index in [9.17, 15) is 0 Å². The van der Waals surface area contributed by atoms with Crippen molar-refractivity contribution >= 4 is 0 Å². The average Bonchev–Trinajstić information content (AvgIpc) is 2.82. The van der Waals surface area contributed by atoms with Gasteiger partial charge in [0.25, 0.3) is 0 Å². The number of aromatic nitrogens is 1. The summed E-state index contributed by atoms with van der Waals surface area (Å²) >= 11 is 0. The van der Waals surface area contributed by atoms with Crippen molar-refractivity contribution in [1.82, 2.24) is 0 Å². The predicted octanol–water partition coefficient (Wildman–Crippen LogP) is 5.92. The molecule has 0 bridgehead atoms. The van der Waals surface area contributed by atoms with Gasteiger partial charge in [-0.3, -0.25) is 0 Å². The topological polar surface area (TPSA) is 3.88 Å². The van der Waals surface area contributed by atoms with E-state index in [0.29, 0.717) is 5.92 Å². The fraction of sp³-hybridized carbons (Fsp3) is 0.320. The van der Waals surface area contributed by atoms with Crippen LogP contribution in [0.15, 0.2) is 54.7 Å². The fourth-order valence-corrected chi connectivity index (χ4v) is 4.72. The van der Waals surface area contributed by atoms with Crippen LogP contribution in [0.2, 0.25) is 0 Å². The summed E-state index contributed by atoms with van der Waals surface area (Å²) in [7, 11) is 2.14. The number of fused-ring (bicyclic) bond motifs is 3. The number of hydrogen-bond donors (Lipinski definition) is 0. The number of benzene rings is 2. The Morgan fingerprint density at radius 2 is 1.58 bits per heavy atom. The van der Waals surface area contributed by atoms with E-state index in [1.807, 2.05) is 0 Å². The van der Waals surface area contributed by atoms with Crippen molar-refractivity contribution in [3.05, 3.63) is 77.0 Å². The Morgan fingerprint density at radius 3 is 2.27 bits per heavy atom. The molecule has 1 nitrogen and oxygen atoms in total. The first-order valence-corrected chi connectivity index (χ1v) is 9.57. The number of aryl methyl sites for hydroxylation is 2. The molecule has 2 aromatic carbocycles. The van der Waals surface area contributed by atoms with Crippen LogP contribution < -0.4 is 4.57 Å². The molecule has 0 amide bonds. The van der Waals surface area contributed by atoms with Crippen molar-refractivity contribution in [2.24, 2.45) is 7.05 Å². The van der Waals surface area contributed by atoms with E-state index in [-0.39, 0.29) is 5.41 Å². The molecule has 0 radical (unpaired) electrons. The second-order valence-corrected chi connectivity index (χ2v) is 8.43. The summed E-state index contributed by atoms with van der Waals surface area (Å²) in [4.78, 5) is 0. The summed E-state index contributed by atoms with van der Waals surface area (Å²) in [5.41, 5.74) is 11.4. The minimum atomic E-state index is 0.0533. The molecule has 0 atom stereocenters. The third kappa shape index (κ3) is 2.26. The largest absolute Gasteiger partial charge is 0.212 e. The zero-order valence-corrected chi connectivity index (χ0v) is 16.7. The van der Waals surface area contributed by atoms with E-state index in [4.69, 9.17) is 0 Å². The van der Waals surface area contributed by atoms with Gasteiger partial charge < -0.3 is 0 Å². The van der Waals surface area contributed by atoms with Gasteiger partial charge in [0.2, 0.25) is 5.69 Å². The lowest BCUT2D eigenvalue weighted by molar-refractivity contribution is -0.660. The molecule has 0 unspecified atom stereocenters. The average molecular weight is 343 g/mol. The summed E-state index contributed by atoms with van der Waals surface area (Å²) in [5, 5.41) is 0. The lowest BCUT2D eigenvalue weighted by atomic mass is 9.79. The Bertz CT molecular complexity index is 1010. The molecule has 1 aromatic heterocycles. The van der Waals surface area contributed by atoms with E-state index in [1.165, 1.54) is 44.6 Å². The Labute approximate surface area is 157 Å². The van der Waals surface area contributed by atoms with Gasteiger partial charge in [-0.15, -0.1) is 0 Å². The van der Waals surface area contributed by atoms with Gasteiger partial charge in [-0.2, -0.15) is 0 Å². The molecule has 0 fully saturated rings. The van der Waals surface area contributed by atoms with Crippen LogP contribution in [-0.2, 0) is 12.5 Å². The second-order valence-electron chi connectivity index (χ2n) is 8.43. The van der Waals surface area contributed by atoms with Gasteiger partial charge in [0.1, 0.15) is 7.05 Å². The molecule has 0 N–H and O–H groups in total. The number of nitrogens with zero attached hydrogens (tertiary/aromatic N) is 1. The first-order chi connectivity index (χ1) is 12.3. The highest BCUT2D eigenvalue weighted by molar-refractivity contribution is 5.89. The van der Waals surface area contributed by atoms with E-state index >= 15 is 0 Å². The molecule has 0 saturated carbocycles. The van der Waals surface area contributed by atoms with Crippen LogP contribution in [0.5, 0.6) is 0 Å². The van der Waals surface area contributed by atoms with Gasteiger partial charge >= 0.3 is 0 Å². The highest BCUT2D eigenvalue weighted by Gasteiger charge is 2.39. The van der Waals surface area contributed by atoms with Crippen LogP contribution >= 0.6 is 0 Å². The Balaban J connectivity index is 2.16. The Hall–Kier alpha value is -2.41. The molecule has 3 aromatic rings. The van der Waals surface area contributed by atoms with Crippen molar-refractivity contribution in [2.75, 3.05) is 0 Å². The minimum Gasteiger partial charge on any atom is -0.201 e. The predicted molar refractivity (Wildman–Crippen MR) is 109 cm³/mol. The quantitative estimate of drug-likeness (QED) is 0.509. The molecule has 132 valence electrons. The zero-order chi connectivity index (χ0) is 18.6. The summed E-state index contributed by atoms with van der Waals surface area (Å²) in [5.74, 6) is 0.459. The van der Waals surface area contributed by atoms with Gasteiger partial charge in [-0.25, -0.2) is 4.57 Å². The molecule has 0 spiro atoms. The molecular weight excluding hydrogens is 314 g/mol. The highest BCUT2D eigenvalue weighted by atomic mass is 14.9. The van der Waals surface area contributed by atoms with Gasteiger partial charge in [0.15, 0.2) is 6.20 Å². The molecule has 1 heterocycles. The van der Waals surface area contributed by atoms with Crippen molar-refractivity contribution in [3.63, 3.8) is 0 Å². The monoisotopic (exact) mass is 342 g/mol. The van der Waals surface area contributed by atoms with Crippen molar-refractivity contribution in [1.29, 1.82) is 0 Å². The molecule has 0 aliphatic heterocycles. The molecule has 4 rings (SSSR count). The van der Waals surface area contributed by atoms with Gasteiger partial charge in [0, 0.05) is 17.5 Å². The van der Waals surface area contributed by atoms with E-state index < -0.39 is 0 Å². The summed E-state index contributed by atoms with van der Waals surface area (Å²) in [6.07, 6.45) is 2.14. The van der Waals surface area contributed by atoms with E-state index in [1.54, 1.807) is 0 Å². The molecule has 26 heavy (non-hydrogen) atoms. The third-order valence-electron chi connectivity index (χ3n) is 5.99. The zero-order valence-electron chi connectivity index (χ0n) is 16.7. The van der Waals surface area contributed by atoms with Crippen molar-refractivity contribution < 1.29 is 4.57 Å². The van der Waals surface area contributed by atoms with Crippen LogP contribution in [0.1, 0.15) is 55.9 Å². The van der Waals surface area contributed by atoms with Gasteiger partial charge in [-0.1, -0.05) is 58.0 Å². The first kappa shape index (κ1) is 17.0. The normalized spacial score (nSPS) is 14.4. The first-order valence-electron chi connectivity index (χ1n) is 9.57. The lowest BCUT2D eigenvalue weighted by Gasteiger charge is -2.24. The summed E-state index contributed by atoms with van der Waals surface area (Å²) in [6, 6.07) is 17.9. The Kier molecular flexibility index (Phi) is 3.80. The fourth-order valence-electron chi connectivity index (χ4n) is 4.72. The summed E-state index contributed by atoms with van der Waals surface area (Å²) in [6.45, 7) is 11.7. The van der Waals surface area contributed by atoms with E-state index in [0.717, 1.165) is 0 Å². The maximum Gasteiger partial charge on any atom is 0.212 e. The number of pyridine rings is 1. The third-order valence-corrected chi connectivity index (χ3v) is 5.99. The van der Waals surface area contributed by atoms with Gasteiger partial charge in [-0.05, 0) is 52.3 Å². The molecular formula is C25H28N+. The SMILES string of the molecule is Cc1cc2c(c(C(C)C)c1-c1cccc[n+]1C)-c1ccccc1C2(C)C. The van der Waals surface area contributed by atoms with Crippen molar-refractivity contribution in [2.45, 2.75) is 46.0 Å². The molecule has 1 heteroatoms. The van der Waals surface area contributed by atoms with Gasteiger partial charge in [0.05, 0.1) is 5.56 Å². The smallest absolute Gasteiger partial charge is 0.201 e. The van der Waals surface area contributed by atoms with Crippen LogP contribution in [-0.4, -0.2) is 0 Å². The second kappa shape index (κ2) is 5.81. The van der Waals surface area contributed by atoms with E-state index in [2.05, 4.69) is 101 Å². The van der Waals surface area contributed by atoms with Crippen LogP contribution in [0, 0.1) is 6.92 Å². The maximum absolute atomic E-state index is 2.43.